The van der Waals surface area contributed by atoms with Crippen LogP contribution in [0, 0.1) is 0 Å². The third-order valence-corrected chi connectivity index (χ3v) is 3.96. The van der Waals surface area contributed by atoms with Gasteiger partial charge in [-0.3, -0.25) is 0 Å². The zero-order valence-electron chi connectivity index (χ0n) is 8.84. The number of aliphatic hydroxyl groups is 1. The Balaban J connectivity index is 1.93. The van der Waals surface area contributed by atoms with Crippen LogP contribution in [-0.2, 0) is 0 Å². The lowest BCUT2D eigenvalue weighted by atomic mass is 9.99. The molecule has 0 fully saturated rings. The van der Waals surface area contributed by atoms with E-state index in [9.17, 15) is 5.11 Å². The van der Waals surface area contributed by atoms with Crippen LogP contribution in [0.4, 0.5) is 0 Å². The average molecular weight is 268 g/mol. The number of fused-ring (bicyclic) bond motifs is 1. The molecule has 2 heterocycles. The normalized spacial score (nSPS) is 22.9. The molecule has 0 spiro atoms. The van der Waals surface area contributed by atoms with Gasteiger partial charge >= 0.3 is 0 Å². The molecule has 1 aliphatic heterocycles. The van der Waals surface area contributed by atoms with Gasteiger partial charge in [-0.25, -0.2) is 4.98 Å². The van der Waals surface area contributed by atoms with Crippen LogP contribution in [0.2, 0.25) is 4.34 Å². The van der Waals surface area contributed by atoms with Crippen molar-refractivity contribution in [3.8, 4) is 5.75 Å². The van der Waals surface area contributed by atoms with E-state index in [1.54, 1.807) is 6.20 Å². The highest BCUT2D eigenvalue weighted by molar-refractivity contribution is 7.15. The maximum Gasteiger partial charge on any atom is 0.153 e. The number of rotatable bonds is 1. The Labute approximate surface area is 108 Å². The molecule has 3 rings (SSSR count). The third-order valence-electron chi connectivity index (χ3n) is 2.76. The van der Waals surface area contributed by atoms with E-state index in [1.807, 2.05) is 24.3 Å². The molecule has 5 heteroatoms. The maximum absolute atomic E-state index is 10.1. The summed E-state index contributed by atoms with van der Waals surface area (Å²) in [7, 11) is 0. The quantitative estimate of drug-likeness (QED) is 0.862. The molecule has 17 heavy (non-hydrogen) atoms. The molecule has 0 saturated heterocycles. The number of aromatic nitrogens is 1. The zero-order chi connectivity index (χ0) is 11.8. The number of halogens is 1. The van der Waals surface area contributed by atoms with Crippen molar-refractivity contribution in [1.82, 2.24) is 4.98 Å². The van der Waals surface area contributed by atoms with E-state index >= 15 is 0 Å². The smallest absolute Gasteiger partial charge is 0.153 e. The predicted molar refractivity (Wildman–Crippen MR) is 66.5 cm³/mol. The molecule has 2 aromatic rings. The molecule has 1 aliphatic rings. The first-order valence-corrected chi connectivity index (χ1v) is 6.48. The number of hydrogen-bond acceptors (Lipinski definition) is 4. The van der Waals surface area contributed by atoms with E-state index in [0.29, 0.717) is 10.8 Å². The molecule has 0 saturated carbocycles. The van der Waals surface area contributed by atoms with Crippen LogP contribution in [0.3, 0.4) is 0 Å². The summed E-state index contributed by atoms with van der Waals surface area (Å²) in [5.74, 6) is 0.725. The Hall–Kier alpha value is -1.10. The number of thiazole rings is 1. The van der Waals surface area contributed by atoms with Crippen LogP contribution < -0.4 is 4.74 Å². The number of para-hydroxylation sites is 1. The highest BCUT2D eigenvalue weighted by atomic mass is 35.5. The van der Waals surface area contributed by atoms with Crippen molar-refractivity contribution in [1.29, 1.82) is 0 Å². The largest absolute Gasteiger partial charge is 0.483 e. The number of ether oxygens (including phenoxy) is 1. The van der Waals surface area contributed by atoms with Gasteiger partial charge in [-0.1, -0.05) is 29.8 Å². The third kappa shape index (κ3) is 2.04. The van der Waals surface area contributed by atoms with Crippen molar-refractivity contribution in [2.45, 2.75) is 18.6 Å². The van der Waals surface area contributed by atoms with E-state index in [0.717, 1.165) is 16.3 Å². The van der Waals surface area contributed by atoms with E-state index in [1.165, 1.54) is 11.3 Å². The van der Waals surface area contributed by atoms with Gasteiger partial charge in [-0.15, -0.1) is 11.3 Å². The van der Waals surface area contributed by atoms with Crippen molar-refractivity contribution < 1.29 is 9.84 Å². The summed E-state index contributed by atoms with van der Waals surface area (Å²) in [4.78, 5) is 4.20. The fraction of sp³-hybridized carbons (Fsp3) is 0.250. The van der Waals surface area contributed by atoms with E-state index in [2.05, 4.69) is 4.98 Å². The molecule has 1 aromatic carbocycles. The first-order chi connectivity index (χ1) is 8.24. The van der Waals surface area contributed by atoms with Gasteiger partial charge in [0.25, 0.3) is 0 Å². The van der Waals surface area contributed by atoms with Crippen LogP contribution in [-0.4, -0.2) is 10.1 Å². The molecule has 0 aliphatic carbocycles. The minimum Gasteiger partial charge on any atom is -0.483 e. The molecule has 0 amide bonds. The number of nitrogens with zero attached hydrogens (tertiary/aromatic N) is 1. The fourth-order valence-corrected chi connectivity index (χ4v) is 2.93. The van der Waals surface area contributed by atoms with Crippen LogP contribution in [0.5, 0.6) is 5.75 Å². The van der Waals surface area contributed by atoms with E-state index in [4.69, 9.17) is 16.3 Å². The minimum atomic E-state index is -0.507. The van der Waals surface area contributed by atoms with E-state index in [-0.39, 0.29) is 6.10 Å². The van der Waals surface area contributed by atoms with Crippen molar-refractivity contribution >= 4 is 22.9 Å². The van der Waals surface area contributed by atoms with Crippen molar-refractivity contribution in [3.05, 3.63) is 45.4 Å². The lowest BCUT2D eigenvalue weighted by Crippen LogP contribution is -2.18. The first-order valence-electron chi connectivity index (χ1n) is 5.29. The van der Waals surface area contributed by atoms with Crippen LogP contribution in [0.1, 0.15) is 29.2 Å². The summed E-state index contributed by atoms with van der Waals surface area (Å²) in [6.07, 6.45) is 1.41. The summed E-state index contributed by atoms with van der Waals surface area (Å²) in [6.45, 7) is 0. The summed E-state index contributed by atoms with van der Waals surface area (Å²) in [5.41, 5.74) is 0.839. The van der Waals surface area contributed by atoms with Crippen LogP contribution >= 0.6 is 22.9 Å². The molecule has 88 valence electrons. The lowest BCUT2D eigenvalue weighted by Gasteiger charge is -2.28. The Bertz CT molecular complexity index is 543. The SMILES string of the molecule is O[C@@H]1CC(c2ncc(Cl)s2)Oc2ccccc21. The van der Waals surface area contributed by atoms with Crippen molar-refractivity contribution in [2.24, 2.45) is 0 Å². The number of hydrogen-bond donors (Lipinski definition) is 1. The standard InChI is InChI=1S/C12H10ClNO2S/c13-11-6-14-12(17-11)10-5-8(15)7-3-1-2-4-9(7)16-10/h1-4,6,8,10,15H,5H2/t8-,10?/m1/s1. The van der Waals surface area contributed by atoms with Crippen LogP contribution in [0.25, 0.3) is 0 Å². The fourth-order valence-electron chi connectivity index (χ4n) is 1.96. The second-order valence-corrected chi connectivity index (χ2v) is 5.59. The van der Waals surface area contributed by atoms with Crippen LogP contribution in [0.15, 0.2) is 30.5 Å². The highest BCUT2D eigenvalue weighted by Gasteiger charge is 2.29. The Morgan fingerprint density at radius 3 is 3.00 bits per heavy atom. The summed E-state index contributed by atoms with van der Waals surface area (Å²) in [5, 5.41) is 10.9. The topological polar surface area (TPSA) is 42.4 Å². The van der Waals surface area contributed by atoms with Crippen molar-refractivity contribution in [3.63, 3.8) is 0 Å². The molecule has 0 bridgehead atoms. The van der Waals surface area contributed by atoms with Gasteiger partial charge in [0.05, 0.1) is 12.3 Å². The maximum atomic E-state index is 10.1. The highest BCUT2D eigenvalue weighted by Crippen LogP contribution is 2.41. The molecule has 0 radical (unpaired) electrons. The van der Waals surface area contributed by atoms with Crippen molar-refractivity contribution in [2.75, 3.05) is 0 Å². The summed E-state index contributed by atoms with van der Waals surface area (Å²) in [6, 6.07) is 7.53. The zero-order valence-corrected chi connectivity index (χ0v) is 10.4. The molecule has 3 nitrogen and oxygen atoms in total. The monoisotopic (exact) mass is 267 g/mol. The van der Waals surface area contributed by atoms with Gasteiger partial charge in [0, 0.05) is 12.0 Å². The van der Waals surface area contributed by atoms with Gasteiger partial charge in [-0.05, 0) is 6.07 Å². The first kappa shape index (κ1) is 11.0. The summed E-state index contributed by atoms with van der Waals surface area (Å²) < 4.78 is 6.47. The minimum absolute atomic E-state index is 0.211. The summed E-state index contributed by atoms with van der Waals surface area (Å²) >= 11 is 7.24. The number of aliphatic hydroxyl groups excluding tert-OH is 1. The Morgan fingerprint density at radius 2 is 2.24 bits per heavy atom. The molecular formula is C12H10ClNO2S. The Morgan fingerprint density at radius 1 is 1.41 bits per heavy atom. The molecule has 1 aromatic heterocycles. The second kappa shape index (κ2) is 4.29. The Kier molecular flexibility index (Phi) is 2.78. The van der Waals surface area contributed by atoms with Gasteiger partial charge in [0.1, 0.15) is 15.1 Å². The molecular weight excluding hydrogens is 258 g/mol. The lowest BCUT2D eigenvalue weighted by molar-refractivity contribution is 0.0656. The molecule has 1 N–H and O–H groups in total. The van der Waals surface area contributed by atoms with E-state index < -0.39 is 6.10 Å². The van der Waals surface area contributed by atoms with Gasteiger partial charge in [0.2, 0.25) is 0 Å². The number of benzene rings is 1. The van der Waals surface area contributed by atoms with Gasteiger partial charge in [-0.2, -0.15) is 0 Å². The second-order valence-electron chi connectivity index (χ2n) is 3.90. The molecule has 2 atom stereocenters. The van der Waals surface area contributed by atoms with Gasteiger partial charge < -0.3 is 9.84 Å². The van der Waals surface area contributed by atoms with Gasteiger partial charge in [0.15, 0.2) is 6.10 Å². The average Bonchev–Trinajstić information content (AvgIpc) is 2.76. The predicted octanol–water partition coefficient (Wildman–Crippen LogP) is 3.35. The molecule has 1 unspecified atom stereocenters.